The van der Waals surface area contributed by atoms with Crippen LogP contribution in [-0.2, 0) is 4.74 Å². The van der Waals surface area contributed by atoms with Gasteiger partial charge in [-0.05, 0) is 56.5 Å². The van der Waals surface area contributed by atoms with E-state index in [-0.39, 0.29) is 12.1 Å². The number of aryl methyl sites for hydroxylation is 1. The predicted octanol–water partition coefficient (Wildman–Crippen LogP) is 3.04. The molecule has 1 saturated heterocycles. The Morgan fingerprint density at radius 3 is 2.91 bits per heavy atom. The molecule has 0 saturated carbocycles. The molecule has 1 aromatic heterocycles. The fraction of sp³-hybridized carbons (Fsp3) is 0.667. The first-order chi connectivity index (χ1) is 10.2. The maximum Gasteiger partial charge on any atom is 0.407 e. The van der Waals surface area contributed by atoms with E-state index in [4.69, 9.17) is 4.74 Å². The van der Waals surface area contributed by atoms with Crippen LogP contribution in [0.3, 0.4) is 0 Å². The van der Waals surface area contributed by atoms with Crippen LogP contribution in [-0.4, -0.2) is 40.8 Å². The lowest BCUT2D eigenvalue weighted by Gasteiger charge is -2.34. The Morgan fingerprint density at radius 2 is 2.23 bits per heavy atom. The van der Waals surface area contributed by atoms with Crippen molar-refractivity contribution in [2.24, 2.45) is 0 Å². The highest BCUT2D eigenvalue weighted by Crippen LogP contribution is 2.26. The first-order valence-electron chi connectivity index (χ1n) is 7.48. The van der Waals surface area contributed by atoms with Crippen molar-refractivity contribution in [1.29, 1.82) is 0 Å². The van der Waals surface area contributed by atoms with Gasteiger partial charge in [-0.15, -0.1) is 0 Å². The predicted molar refractivity (Wildman–Crippen MR) is 89.1 cm³/mol. The molecule has 0 aromatic carbocycles. The highest BCUT2D eigenvalue weighted by atomic mass is 79.9. The van der Waals surface area contributed by atoms with Crippen LogP contribution in [0.1, 0.15) is 39.4 Å². The third kappa shape index (κ3) is 4.83. The van der Waals surface area contributed by atoms with E-state index < -0.39 is 5.60 Å². The van der Waals surface area contributed by atoms with Crippen LogP contribution in [0, 0.1) is 6.92 Å². The molecule has 0 spiro atoms. The number of anilines is 1. The van der Waals surface area contributed by atoms with Gasteiger partial charge in [-0.25, -0.2) is 14.8 Å². The number of carbonyl (C=O) groups is 1. The Labute approximate surface area is 139 Å². The maximum absolute atomic E-state index is 11.9. The summed E-state index contributed by atoms with van der Waals surface area (Å²) in [7, 11) is 0. The second-order valence-corrected chi connectivity index (χ2v) is 7.37. The highest BCUT2D eigenvalue weighted by Gasteiger charge is 2.25. The molecular formula is C15H23BrN4O2. The molecule has 1 aliphatic rings. The van der Waals surface area contributed by atoms with E-state index in [0.29, 0.717) is 6.54 Å². The number of alkyl carbamates (subject to hydrolysis) is 1. The zero-order chi connectivity index (χ0) is 16.3. The number of ether oxygens (including phenoxy) is 1. The van der Waals surface area contributed by atoms with Crippen LogP contribution in [0.15, 0.2) is 10.7 Å². The van der Waals surface area contributed by atoms with Crippen molar-refractivity contribution in [2.45, 2.75) is 52.2 Å². The van der Waals surface area contributed by atoms with Crippen molar-refractivity contribution >= 4 is 27.8 Å². The van der Waals surface area contributed by atoms with Gasteiger partial charge >= 0.3 is 6.09 Å². The molecule has 1 aliphatic heterocycles. The lowest BCUT2D eigenvalue weighted by Crippen LogP contribution is -2.49. The van der Waals surface area contributed by atoms with Gasteiger partial charge in [0.05, 0.1) is 4.47 Å². The molecule has 22 heavy (non-hydrogen) atoms. The molecule has 1 fully saturated rings. The molecule has 0 aliphatic carbocycles. The number of amides is 1. The molecule has 7 heteroatoms. The van der Waals surface area contributed by atoms with Crippen LogP contribution in [0.25, 0.3) is 0 Å². The van der Waals surface area contributed by atoms with Crippen molar-refractivity contribution in [3.05, 3.63) is 16.5 Å². The topological polar surface area (TPSA) is 67.4 Å². The fourth-order valence-electron chi connectivity index (χ4n) is 2.43. The van der Waals surface area contributed by atoms with E-state index in [1.165, 1.54) is 0 Å². The third-order valence-electron chi connectivity index (χ3n) is 3.29. The lowest BCUT2D eigenvalue weighted by atomic mass is 10.1. The first kappa shape index (κ1) is 17.0. The Morgan fingerprint density at radius 1 is 1.50 bits per heavy atom. The zero-order valence-corrected chi connectivity index (χ0v) is 15.1. The number of rotatable bonds is 2. The smallest absolute Gasteiger partial charge is 0.407 e. The van der Waals surface area contributed by atoms with E-state index in [1.807, 2.05) is 27.7 Å². The monoisotopic (exact) mass is 370 g/mol. The first-order valence-corrected chi connectivity index (χ1v) is 8.27. The Hall–Kier alpha value is -1.37. The molecule has 6 nitrogen and oxygen atoms in total. The number of hydrogen-bond donors (Lipinski definition) is 1. The van der Waals surface area contributed by atoms with Gasteiger partial charge in [0, 0.05) is 25.3 Å². The van der Waals surface area contributed by atoms with Crippen LogP contribution in [0.2, 0.25) is 0 Å². The van der Waals surface area contributed by atoms with Gasteiger partial charge in [-0.3, -0.25) is 0 Å². The second-order valence-electron chi connectivity index (χ2n) is 6.52. The number of nitrogens with one attached hydrogen (secondary N) is 1. The summed E-state index contributed by atoms with van der Waals surface area (Å²) in [6, 6.07) is 0.0609. The SMILES string of the molecule is Cc1ncc(Br)c(N2CCC[C@@H](NC(=O)OC(C)(C)C)C2)n1. The van der Waals surface area contributed by atoms with E-state index in [9.17, 15) is 4.79 Å². The summed E-state index contributed by atoms with van der Waals surface area (Å²) in [5.74, 6) is 1.61. The van der Waals surface area contributed by atoms with Gasteiger partial charge in [0.15, 0.2) is 0 Å². The van der Waals surface area contributed by atoms with E-state index in [1.54, 1.807) is 6.20 Å². The van der Waals surface area contributed by atoms with E-state index >= 15 is 0 Å². The fourth-order valence-corrected chi connectivity index (χ4v) is 2.87. The number of piperidine rings is 1. The molecule has 2 heterocycles. The van der Waals surface area contributed by atoms with Crippen molar-refractivity contribution in [3.63, 3.8) is 0 Å². The molecule has 122 valence electrons. The molecule has 1 aromatic rings. The largest absolute Gasteiger partial charge is 0.444 e. The standard InChI is InChI=1S/C15H23BrN4O2/c1-10-17-8-12(16)13(18-10)20-7-5-6-11(9-20)19-14(21)22-15(2,3)4/h8,11H,5-7,9H2,1-4H3,(H,19,21)/t11-/m1/s1. The van der Waals surface area contributed by atoms with Gasteiger partial charge in [-0.2, -0.15) is 0 Å². The molecule has 2 rings (SSSR count). The van der Waals surface area contributed by atoms with Crippen LogP contribution in [0.5, 0.6) is 0 Å². The summed E-state index contributed by atoms with van der Waals surface area (Å²) in [6.45, 7) is 9.09. The molecule has 1 atom stereocenters. The molecule has 1 amide bonds. The van der Waals surface area contributed by atoms with Gasteiger partial charge in [-0.1, -0.05) is 0 Å². The third-order valence-corrected chi connectivity index (χ3v) is 3.85. The van der Waals surface area contributed by atoms with Gasteiger partial charge < -0.3 is 15.0 Å². The minimum atomic E-state index is -0.481. The molecule has 0 radical (unpaired) electrons. The number of nitrogens with zero attached hydrogens (tertiary/aromatic N) is 3. The number of hydrogen-bond acceptors (Lipinski definition) is 5. The van der Waals surface area contributed by atoms with Gasteiger partial charge in [0.25, 0.3) is 0 Å². The Bertz CT molecular complexity index is 545. The normalized spacial score (nSPS) is 19.0. The maximum atomic E-state index is 11.9. The van der Waals surface area contributed by atoms with Crippen molar-refractivity contribution in [1.82, 2.24) is 15.3 Å². The summed E-state index contributed by atoms with van der Waals surface area (Å²) in [5.41, 5.74) is -0.481. The lowest BCUT2D eigenvalue weighted by molar-refractivity contribution is 0.0500. The molecule has 1 N–H and O–H groups in total. The Kier molecular flexibility index (Phi) is 5.26. The number of aromatic nitrogens is 2. The van der Waals surface area contributed by atoms with Crippen LogP contribution >= 0.6 is 15.9 Å². The summed E-state index contributed by atoms with van der Waals surface area (Å²) in [5, 5.41) is 2.95. The average molecular weight is 371 g/mol. The van der Waals surface area contributed by atoms with Gasteiger partial charge in [0.2, 0.25) is 0 Å². The quantitative estimate of drug-likeness (QED) is 0.866. The number of carbonyl (C=O) groups excluding carboxylic acids is 1. The van der Waals surface area contributed by atoms with E-state index in [2.05, 4.69) is 36.1 Å². The molecule has 0 unspecified atom stereocenters. The van der Waals surface area contributed by atoms with Crippen molar-refractivity contribution in [3.8, 4) is 0 Å². The van der Waals surface area contributed by atoms with E-state index in [0.717, 1.165) is 35.5 Å². The van der Waals surface area contributed by atoms with Crippen molar-refractivity contribution < 1.29 is 9.53 Å². The molecule has 0 bridgehead atoms. The van der Waals surface area contributed by atoms with Gasteiger partial charge in [0.1, 0.15) is 17.2 Å². The van der Waals surface area contributed by atoms with Crippen molar-refractivity contribution in [2.75, 3.05) is 18.0 Å². The average Bonchev–Trinajstić information content (AvgIpc) is 2.39. The van der Waals surface area contributed by atoms with Crippen LogP contribution < -0.4 is 10.2 Å². The minimum Gasteiger partial charge on any atom is -0.444 e. The summed E-state index contributed by atoms with van der Waals surface area (Å²) in [4.78, 5) is 22.7. The minimum absolute atomic E-state index is 0.0609. The summed E-state index contributed by atoms with van der Waals surface area (Å²) < 4.78 is 6.19. The zero-order valence-electron chi connectivity index (χ0n) is 13.5. The summed E-state index contributed by atoms with van der Waals surface area (Å²) >= 11 is 3.50. The highest BCUT2D eigenvalue weighted by molar-refractivity contribution is 9.10. The molecular weight excluding hydrogens is 348 g/mol. The number of halogens is 1. The van der Waals surface area contributed by atoms with Crippen LogP contribution in [0.4, 0.5) is 10.6 Å². The summed E-state index contributed by atoms with van der Waals surface area (Å²) in [6.07, 6.45) is 3.34. The second kappa shape index (κ2) is 6.81. The Balaban J connectivity index is 2.00.